The van der Waals surface area contributed by atoms with Crippen molar-refractivity contribution in [2.45, 2.75) is 13.1 Å². The van der Waals surface area contributed by atoms with E-state index in [4.69, 9.17) is 0 Å². The Morgan fingerprint density at radius 2 is 1.95 bits per heavy atom. The van der Waals surface area contributed by atoms with Crippen molar-refractivity contribution in [3.63, 3.8) is 0 Å². The molecule has 0 atom stereocenters. The highest BCUT2D eigenvalue weighted by atomic mass is 19.4. The number of pyridine rings is 1. The molecule has 4 nitrogen and oxygen atoms in total. The Hall–Kier alpha value is -2.18. The summed E-state index contributed by atoms with van der Waals surface area (Å²) in [7, 11) is 1.50. The number of alkyl halides is 3. The van der Waals surface area contributed by atoms with Crippen LogP contribution >= 0.6 is 0 Å². The lowest BCUT2D eigenvalue weighted by Crippen LogP contribution is -2.13. The lowest BCUT2D eigenvalue weighted by molar-refractivity contribution is -0.144. The summed E-state index contributed by atoms with van der Waals surface area (Å²) >= 11 is 0. The van der Waals surface area contributed by atoms with Crippen LogP contribution in [0.1, 0.15) is 11.4 Å². The van der Waals surface area contributed by atoms with Crippen molar-refractivity contribution < 1.29 is 13.2 Å². The monoisotopic (exact) mass is 268 g/mol. The molecular weight excluding hydrogens is 257 g/mol. The molecule has 2 aromatic heterocycles. The molecule has 0 saturated heterocycles. The average Bonchev–Trinajstić information content (AvgIpc) is 2.37. The summed E-state index contributed by atoms with van der Waals surface area (Å²) in [6.45, 7) is 1.78. The Bertz CT molecular complexity index is 596. The molecular formula is C12H11F3N4. The summed E-state index contributed by atoms with van der Waals surface area (Å²) in [5.74, 6) is -1.06. The second-order valence-electron chi connectivity index (χ2n) is 3.90. The summed E-state index contributed by atoms with van der Waals surface area (Å²) in [4.78, 5) is 10.9. The van der Waals surface area contributed by atoms with Crippen LogP contribution in [-0.2, 0) is 6.18 Å². The Balaban J connectivity index is 2.61. The van der Waals surface area contributed by atoms with E-state index in [-0.39, 0.29) is 11.5 Å². The molecule has 0 aliphatic carbocycles. The van der Waals surface area contributed by atoms with Crippen LogP contribution in [0.5, 0.6) is 0 Å². The number of anilines is 1. The Kier molecular flexibility index (Phi) is 3.37. The standard InChI is InChI=1S/C12H11F3N4/c1-7-3-4-17-6-8(7)9-5-10(16-2)19-11(18-9)12(13,14)15/h3-6H,1-2H3,(H,16,18,19). The van der Waals surface area contributed by atoms with Gasteiger partial charge in [0.1, 0.15) is 5.82 Å². The molecule has 2 aromatic rings. The highest BCUT2D eigenvalue weighted by molar-refractivity contribution is 5.65. The maximum atomic E-state index is 12.7. The molecule has 0 spiro atoms. The molecule has 0 unspecified atom stereocenters. The van der Waals surface area contributed by atoms with Gasteiger partial charge in [0.05, 0.1) is 5.69 Å². The second kappa shape index (κ2) is 4.83. The van der Waals surface area contributed by atoms with Crippen molar-refractivity contribution in [3.05, 3.63) is 35.9 Å². The molecule has 7 heteroatoms. The van der Waals surface area contributed by atoms with Crippen molar-refractivity contribution in [1.29, 1.82) is 0 Å². The van der Waals surface area contributed by atoms with E-state index < -0.39 is 12.0 Å². The number of aromatic nitrogens is 3. The van der Waals surface area contributed by atoms with Gasteiger partial charge >= 0.3 is 6.18 Å². The van der Waals surface area contributed by atoms with E-state index in [9.17, 15) is 13.2 Å². The van der Waals surface area contributed by atoms with Crippen molar-refractivity contribution >= 4 is 5.82 Å². The molecule has 0 saturated carbocycles. The fraction of sp³-hybridized carbons (Fsp3) is 0.250. The molecule has 0 amide bonds. The maximum absolute atomic E-state index is 12.7. The number of aryl methyl sites for hydroxylation is 1. The quantitative estimate of drug-likeness (QED) is 0.909. The van der Waals surface area contributed by atoms with Crippen LogP contribution in [0.2, 0.25) is 0 Å². The van der Waals surface area contributed by atoms with Gasteiger partial charge in [-0.25, -0.2) is 9.97 Å². The van der Waals surface area contributed by atoms with Crippen LogP contribution in [-0.4, -0.2) is 22.0 Å². The lowest BCUT2D eigenvalue weighted by atomic mass is 10.1. The van der Waals surface area contributed by atoms with Crippen molar-refractivity contribution in [2.75, 3.05) is 12.4 Å². The third-order valence-corrected chi connectivity index (χ3v) is 2.55. The van der Waals surface area contributed by atoms with E-state index >= 15 is 0 Å². The van der Waals surface area contributed by atoms with Crippen LogP contribution in [0.4, 0.5) is 19.0 Å². The molecule has 2 rings (SSSR count). The van der Waals surface area contributed by atoms with Gasteiger partial charge in [-0.1, -0.05) is 0 Å². The first-order chi connectivity index (χ1) is 8.91. The van der Waals surface area contributed by atoms with Crippen LogP contribution in [0.3, 0.4) is 0 Å². The Labute approximate surface area is 107 Å². The van der Waals surface area contributed by atoms with Gasteiger partial charge in [-0.05, 0) is 18.6 Å². The molecule has 19 heavy (non-hydrogen) atoms. The largest absolute Gasteiger partial charge is 0.451 e. The summed E-state index contributed by atoms with van der Waals surface area (Å²) in [5, 5.41) is 2.60. The predicted octanol–water partition coefficient (Wildman–Crippen LogP) is 2.91. The van der Waals surface area contributed by atoms with Crippen LogP contribution < -0.4 is 5.32 Å². The molecule has 100 valence electrons. The number of nitrogens with zero attached hydrogens (tertiary/aromatic N) is 3. The van der Waals surface area contributed by atoms with Gasteiger partial charge in [-0.15, -0.1) is 0 Å². The van der Waals surface area contributed by atoms with E-state index in [0.29, 0.717) is 5.56 Å². The average molecular weight is 268 g/mol. The minimum absolute atomic E-state index is 0.112. The zero-order valence-electron chi connectivity index (χ0n) is 10.3. The Morgan fingerprint density at radius 1 is 1.21 bits per heavy atom. The molecule has 1 N–H and O–H groups in total. The van der Waals surface area contributed by atoms with E-state index in [0.717, 1.165) is 5.56 Å². The predicted molar refractivity (Wildman–Crippen MR) is 64.5 cm³/mol. The molecule has 0 aromatic carbocycles. The highest BCUT2D eigenvalue weighted by Gasteiger charge is 2.35. The van der Waals surface area contributed by atoms with Crippen molar-refractivity contribution in [2.24, 2.45) is 0 Å². The highest BCUT2D eigenvalue weighted by Crippen LogP contribution is 2.30. The molecule has 0 fully saturated rings. The van der Waals surface area contributed by atoms with Crippen LogP contribution in [0.15, 0.2) is 24.5 Å². The van der Waals surface area contributed by atoms with E-state index in [1.165, 1.54) is 19.3 Å². The number of hydrogen-bond donors (Lipinski definition) is 1. The summed E-state index contributed by atoms with van der Waals surface area (Å²) < 4.78 is 38.2. The van der Waals surface area contributed by atoms with Crippen molar-refractivity contribution in [3.8, 4) is 11.3 Å². The van der Waals surface area contributed by atoms with E-state index in [1.54, 1.807) is 19.2 Å². The Morgan fingerprint density at radius 3 is 2.53 bits per heavy atom. The normalized spacial score (nSPS) is 11.4. The lowest BCUT2D eigenvalue weighted by Gasteiger charge is -2.11. The third kappa shape index (κ3) is 2.81. The molecule has 0 radical (unpaired) electrons. The molecule has 2 heterocycles. The smallest absolute Gasteiger partial charge is 0.373 e. The SMILES string of the molecule is CNc1cc(-c2cnccc2C)nc(C(F)(F)F)n1. The summed E-state index contributed by atoms with van der Waals surface area (Å²) in [6.07, 6.45) is -1.53. The number of nitrogens with one attached hydrogen (secondary N) is 1. The molecule has 0 aliphatic rings. The summed E-state index contributed by atoms with van der Waals surface area (Å²) in [6, 6.07) is 3.17. The van der Waals surface area contributed by atoms with Gasteiger partial charge in [0, 0.05) is 31.1 Å². The minimum Gasteiger partial charge on any atom is -0.373 e. The summed E-state index contributed by atoms with van der Waals surface area (Å²) in [5.41, 5.74) is 1.54. The molecule has 0 bridgehead atoms. The number of halogens is 3. The number of rotatable bonds is 2. The van der Waals surface area contributed by atoms with Crippen LogP contribution in [0.25, 0.3) is 11.3 Å². The fourth-order valence-electron chi connectivity index (χ4n) is 1.57. The topological polar surface area (TPSA) is 50.7 Å². The van der Waals surface area contributed by atoms with Gasteiger partial charge in [0.25, 0.3) is 0 Å². The van der Waals surface area contributed by atoms with E-state index in [2.05, 4.69) is 20.3 Å². The van der Waals surface area contributed by atoms with Gasteiger partial charge in [-0.3, -0.25) is 4.98 Å². The fourth-order valence-corrected chi connectivity index (χ4v) is 1.57. The zero-order chi connectivity index (χ0) is 14.0. The van der Waals surface area contributed by atoms with Gasteiger partial charge < -0.3 is 5.32 Å². The van der Waals surface area contributed by atoms with E-state index in [1.807, 2.05) is 0 Å². The van der Waals surface area contributed by atoms with Crippen molar-refractivity contribution in [1.82, 2.24) is 15.0 Å². The first-order valence-corrected chi connectivity index (χ1v) is 5.47. The van der Waals surface area contributed by atoms with Gasteiger partial charge in [0.2, 0.25) is 5.82 Å². The first-order valence-electron chi connectivity index (χ1n) is 5.47. The van der Waals surface area contributed by atoms with Crippen LogP contribution in [0, 0.1) is 6.92 Å². The molecule has 0 aliphatic heterocycles. The number of hydrogen-bond acceptors (Lipinski definition) is 4. The second-order valence-corrected chi connectivity index (χ2v) is 3.90. The van der Waals surface area contributed by atoms with Gasteiger partial charge in [-0.2, -0.15) is 13.2 Å². The zero-order valence-corrected chi connectivity index (χ0v) is 10.3. The van der Waals surface area contributed by atoms with Gasteiger partial charge in [0.15, 0.2) is 0 Å². The maximum Gasteiger partial charge on any atom is 0.451 e. The minimum atomic E-state index is -4.59. The first kappa shape index (κ1) is 13.3. The third-order valence-electron chi connectivity index (χ3n) is 2.55.